The zero-order valence-corrected chi connectivity index (χ0v) is 13.2. The molecule has 2 aromatic rings. The van der Waals surface area contributed by atoms with Crippen molar-refractivity contribution in [2.75, 3.05) is 0 Å². The average molecular weight is 325 g/mol. The van der Waals surface area contributed by atoms with Gasteiger partial charge in [-0.25, -0.2) is 14.4 Å². The van der Waals surface area contributed by atoms with Crippen LogP contribution >= 0.6 is 23.2 Å². The average Bonchev–Trinajstić information content (AvgIpc) is 2.91. The lowest BCUT2D eigenvalue weighted by atomic mass is 10.0. The highest BCUT2D eigenvalue weighted by molar-refractivity contribution is 6.34. The van der Waals surface area contributed by atoms with E-state index in [1.165, 1.54) is 25.0 Å². The Morgan fingerprint density at radius 2 is 1.71 bits per heavy atom. The second-order valence-electron chi connectivity index (χ2n) is 5.48. The Morgan fingerprint density at radius 1 is 1.10 bits per heavy atom. The van der Waals surface area contributed by atoms with Crippen molar-refractivity contribution in [3.63, 3.8) is 0 Å². The molecule has 1 aromatic heterocycles. The molecule has 1 heterocycles. The lowest BCUT2D eigenvalue weighted by Crippen LogP contribution is -2.02. The molecule has 110 valence electrons. The second kappa shape index (κ2) is 5.90. The molecule has 0 bridgehead atoms. The zero-order valence-electron chi connectivity index (χ0n) is 11.7. The molecule has 5 heteroatoms. The Kier molecular flexibility index (Phi) is 4.14. The van der Waals surface area contributed by atoms with Gasteiger partial charge in [0.2, 0.25) is 0 Å². The van der Waals surface area contributed by atoms with Gasteiger partial charge in [0, 0.05) is 11.1 Å². The van der Waals surface area contributed by atoms with Crippen LogP contribution in [0.2, 0.25) is 10.3 Å². The number of benzene rings is 1. The monoisotopic (exact) mass is 324 g/mol. The summed E-state index contributed by atoms with van der Waals surface area (Å²) in [6, 6.07) is 4.49. The van der Waals surface area contributed by atoms with Gasteiger partial charge in [-0.15, -0.1) is 0 Å². The van der Waals surface area contributed by atoms with Crippen LogP contribution < -0.4 is 0 Å². The van der Waals surface area contributed by atoms with E-state index in [9.17, 15) is 4.39 Å². The summed E-state index contributed by atoms with van der Waals surface area (Å²) in [5.41, 5.74) is 2.37. The molecule has 1 aromatic carbocycles. The second-order valence-corrected chi connectivity index (χ2v) is 6.20. The molecule has 0 unspecified atom stereocenters. The third-order valence-electron chi connectivity index (χ3n) is 4.05. The molecule has 0 aliphatic heterocycles. The molecule has 21 heavy (non-hydrogen) atoms. The first-order chi connectivity index (χ1) is 10.1. The number of rotatable bonds is 2. The Labute approximate surface area is 133 Å². The molecule has 0 N–H and O–H groups in total. The lowest BCUT2D eigenvalue weighted by molar-refractivity contribution is 0.627. The van der Waals surface area contributed by atoms with Crippen LogP contribution in [0, 0.1) is 12.7 Å². The van der Waals surface area contributed by atoms with E-state index in [-0.39, 0.29) is 5.82 Å². The summed E-state index contributed by atoms with van der Waals surface area (Å²) in [5.74, 6) is 0.522. The standard InChI is InChI=1S/C16H15Cl2FN2/c1-9-8-11(19)6-7-12(9)16-20-14(17)13(15(18)21-16)10-4-2-3-5-10/h6-8,10H,2-5H2,1H3. The molecular formula is C16H15Cl2FN2. The molecule has 0 radical (unpaired) electrons. The van der Waals surface area contributed by atoms with Gasteiger partial charge in [-0.1, -0.05) is 36.0 Å². The van der Waals surface area contributed by atoms with E-state index in [2.05, 4.69) is 9.97 Å². The maximum absolute atomic E-state index is 13.2. The van der Waals surface area contributed by atoms with Crippen molar-refractivity contribution in [2.24, 2.45) is 0 Å². The summed E-state index contributed by atoms with van der Waals surface area (Å²) < 4.78 is 13.2. The maximum atomic E-state index is 13.2. The molecule has 1 fully saturated rings. The van der Waals surface area contributed by atoms with E-state index in [0.717, 1.165) is 29.5 Å². The predicted octanol–water partition coefficient (Wildman–Crippen LogP) is 5.56. The van der Waals surface area contributed by atoms with Gasteiger partial charge in [0.05, 0.1) is 0 Å². The van der Waals surface area contributed by atoms with Crippen LogP contribution in [0.1, 0.15) is 42.7 Å². The quantitative estimate of drug-likeness (QED) is 0.676. The van der Waals surface area contributed by atoms with Crippen LogP contribution in [-0.4, -0.2) is 9.97 Å². The van der Waals surface area contributed by atoms with Crippen molar-refractivity contribution in [1.29, 1.82) is 0 Å². The number of nitrogens with zero attached hydrogens (tertiary/aromatic N) is 2. The summed E-state index contributed by atoms with van der Waals surface area (Å²) in [5, 5.41) is 0.834. The first kappa shape index (κ1) is 14.7. The van der Waals surface area contributed by atoms with E-state index in [1.54, 1.807) is 6.07 Å². The first-order valence-corrected chi connectivity index (χ1v) is 7.81. The minimum atomic E-state index is -0.281. The van der Waals surface area contributed by atoms with Crippen molar-refractivity contribution < 1.29 is 4.39 Å². The molecule has 0 saturated heterocycles. The smallest absolute Gasteiger partial charge is 0.162 e. The van der Waals surface area contributed by atoms with Gasteiger partial charge in [-0.3, -0.25) is 0 Å². The van der Waals surface area contributed by atoms with Gasteiger partial charge in [0.15, 0.2) is 5.82 Å². The highest BCUT2D eigenvalue weighted by Gasteiger charge is 2.24. The van der Waals surface area contributed by atoms with Crippen LogP contribution in [0.15, 0.2) is 18.2 Å². The van der Waals surface area contributed by atoms with Gasteiger partial charge in [0.25, 0.3) is 0 Å². The normalized spacial score (nSPS) is 15.6. The van der Waals surface area contributed by atoms with Crippen molar-refractivity contribution >= 4 is 23.2 Å². The van der Waals surface area contributed by atoms with E-state index in [0.29, 0.717) is 22.0 Å². The minimum absolute atomic E-state index is 0.281. The van der Waals surface area contributed by atoms with Crippen LogP contribution in [0.4, 0.5) is 4.39 Å². The molecular weight excluding hydrogens is 310 g/mol. The number of hydrogen-bond acceptors (Lipinski definition) is 2. The van der Waals surface area contributed by atoms with Gasteiger partial charge in [-0.2, -0.15) is 0 Å². The largest absolute Gasteiger partial charge is 0.216 e. The summed E-state index contributed by atoms with van der Waals surface area (Å²) in [6.45, 7) is 1.81. The van der Waals surface area contributed by atoms with Gasteiger partial charge in [-0.05, 0) is 49.4 Å². The third-order valence-corrected chi connectivity index (χ3v) is 4.62. The van der Waals surface area contributed by atoms with Crippen LogP contribution in [-0.2, 0) is 0 Å². The number of hydrogen-bond donors (Lipinski definition) is 0. The van der Waals surface area contributed by atoms with Crippen molar-refractivity contribution in [1.82, 2.24) is 9.97 Å². The fraction of sp³-hybridized carbons (Fsp3) is 0.375. The Bertz CT molecular complexity index is 659. The molecule has 1 aliphatic carbocycles. The molecule has 2 nitrogen and oxygen atoms in total. The van der Waals surface area contributed by atoms with Gasteiger partial charge < -0.3 is 0 Å². The molecule has 1 saturated carbocycles. The lowest BCUT2D eigenvalue weighted by Gasteiger charge is -2.14. The fourth-order valence-corrected chi connectivity index (χ4v) is 3.66. The maximum Gasteiger partial charge on any atom is 0.162 e. The van der Waals surface area contributed by atoms with E-state index in [1.807, 2.05) is 6.92 Å². The first-order valence-electron chi connectivity index (χ1n) is 7.05. The van der Waals surface area contributed by atoms with E-state index < -0.39 is 0 Å². The zero-order chi connectivity index (χ0) is 15.0. The topological polar surface area (TPSA) is 25.8 Å². The van der Waals surface area contributed by atoms with E-state index >= 15 is 0 Å². The number of aryl methyl sites for hydroxylation is 1. The SMILES string of the molecule is Cc1cc(F)ccc1-c1nc(Cl)c(C2CCCC2)c(Cl)n1. The number of halogens is 3. The third kappa shape index (κ3) is 2.90. The Morgan fingerprint density at radius 3 is 2.29 bits per heavy atom. The summed E-state index contributed by atoms with van der Waals surface area (Å²) >= 11 is 12.7. The van der Waals surface area contributed by atoms with E-state index in [4.69, 9.17) is 23.2 Å². The van der Waals surface area contributed by atoms with Gasteiger partial charge in [0.1, 0.15) is 16.1 Å². The summed E-state index contributed by atoms with van der Waals surface area (Å²) in [4.78, 5) is 8.77. The molecule has 0 atom stereocenters. The van der Waals surface area contributed by atoms with Gasteiger partial charge >= 0.3 is 0 Å². The Balaban J connectivity index is 2.05. The summed E-state index contributed by atoms with van der Waals surface area (Å²) in [6.07, 6.45) is 4.54. The van der Waals surface area contributed by atoms with Crippen LogP contribution in [0.5, 0.6) is 0 Å². The fourth-order valence-electron chi connectivity index (χ4n) is 2.97. The van der Waals surface area contributed by atoms with Crippen LogP contribution in [0.3, 0.4) is 0 Å². The molecule has 0 amide bonds. The molecule has 0 spiro atoms. The Hall–Kier alpha value is -1.19. The van der Waals surface area contributed by atoms with Crippen molar-refractivity contribution in [2.45, 2.75) is 38.5 Å². The highest BCUT2D eigenvalue weighted by atomic mass is 35.5. The number of aromatic nitrogens is 2. The predicted molar refractivity (Wildman–Crippen MR) is 83.4 cm³/mol. The van der Waals surface area contributed by atoms with Crippen LogP contribution in [0.25, 0.3) is 11.4 Å². The molecule has 1 aliphatic rings. The van der Waals surface area contributed by atoms with Crippen molar-refractivity contribution in [3.05, 3.63) is 45.4 Å². The minimum Gasteiger partial charge on any atom is -0.216 e. The highest BCUT2D eigenvalue weighted by Crippen LogP contribution is 2.40. The van der Waals surface area contributed by atoms with Crippen molar-refractivity contribution in [3.8, 4) is 11.4 Å². The molecule has 3 rings (SSSR count). The summed E-state index contributed by atoms with van der Waals surface area (Å²) in [7, 11) is 0.